The fourth-order valence-electron chi connectivity index (χ4n) is 1.57. The lowest BCUT2D eigenvalue weighted by molar-refractivity contribution is 0.138. The van der Waals surface area contributed by atoms with Crippen LogP contribution in [0, 0.1) is 6.92 Å². The Balaban J connectivity index is 2.22. The lowest BCUT2D eigenvalue weighted by Gasteiger charge is -2.14. The number of ether oxygens (including phenoxy) is 2. The highest BCUT2D eigenvalue weighted by Gasteiger charge is 2.20. The van der Waals surface area contributed by atoms with Crippen molar-refractivity contribution in [3.05, 3.63) is 23.4 Å². The smallest absolute Gasteiger partial charge is 0.224 e. The second kappa shape index (κ2) is 4.76. The topological polar surface area (TPSA) is 57.4 Å². The van der Waals surface area contributed by atoms with E-state index < -0.39 is 0 Å². The van der Waals surface area contributed by atoms with Crippen molar-refractivity contribution >= 4 is 17.2 Å². The Kier molecular flexibility index (Phi) is 3.36. The van der Waals surface area contributed by atoms with Crippen LogP contribution < -0.4 is 10.5 Å². The number of hydrogen-bond acceptors (Lipinski definition) is 4. The quantitative estimate of drug-likeness (QED) is 0.802. The molecule has 1 aliphatic rings. The van der Waals surface area contributed by atoms with Crippen LogP contribution in [0.15, 0.2) is 12.1 Å². The normalized spacial score (nSPS) is 19.7. The van der Waals surface area contributed by atoms with Crippen molar-refractivity contribution in [3.63, 3.8) is 0 Å². The highest BCUT2D eigenvalue weighted by atomic mass is 32.1. The van der Waals surface area contributed by atoms with Crippen molar-refractivity contribution < 1.29 is 9.47 Å². The van der Waals surface area contributed by atoms with Crippen molar-refractivity contribution in [1.29, 1.82) is 0 Å². The first-order valence-corrected chi connectivity index (χ1v) is 5.59. The molecule has 4 nitrogen and oxygen atoms in total. The maximum atomic E-state index is 5.74. The van der Waals surface area contributed by atoms with E-state index >= 15 is 0 Å². The zero-order valence-electron chi connectivity index (χ0n) is 9.10. The molecule has 1 aliphatic heterocycles. The Bertz CT molecular complexity index is 403. The Morgan fingerprint density at radius 3 is 3.06 bits per heavy atom. The number of pyridine rings is 1. The molecule has 5 heteroatoms. The molecule has 2 N–H and O–H groups in total. The van der Waals surface area contributed by atoms with Crippen LogP contribution in [0.1, 0.15) is 17.7 Å². The van der Waals surface area contributed by atoms with E-state index in [1.165, 1.54) is 0 Å². The summed E-state index contributed by atoms with van der Waals surface area (Å²) in [6, 6.07) is 3.71. The van der Waals surface area contributed by atoms with Crippen LogP contribution in [-0.2, 0) is 4.74 Å². The predicted molar refractivity (Wildman–Crippen MR) is 64.7 cm³/mol. The highest BCUT2D eigenvalue weighted by molar-refractivity contribution is 7.80. The Morgan fingerprint density at radius 1 is 1.62 bits per heavy atom. The van der Waals surface area contributed by atoms with Gasteiger partial charge >= 0.3 is 0 Å². The number of thiocarbonyl (C=S) groups is 1. The van der Waals surface area contributed by atoms with Crippen LogP contribution in [0.4, 0.5) is 0 Å². The summed E-state index contributed by atoms with van der Waals surface area (Å²) in [5.74, 6) is 0.517. The van der Waals surface area contributed by atoms with E-state index in [2.05, 4.69) is 4.98 Å². The fourth-order valence-corrected chi connectivity index (χ4v) is 1.73. The summed E-state index contributed by atoms with van der Waals surface area (Å²) < 4.78 is 11.0. The van der Waals surface area contributed by atoms with Crippen LogP contribution in [-0.4, -0.2) is 29.3 Å². The van der Waals surface area contributed by atoms with Crippen molar-refractivity contribution in [3.8, 4) is 5.88 Å². The number of hydrogen-bond donors (Lipinski definition) is 1. The number of aromatic nitrogens is 1. The lowest BCUT2D eigenvalue weighted by Crippen LogP contribution is -2.20. The third kappa shape index (κ3) is 2.48. The summed E-state index contributed by atoms with van der Waals surface area (Å²) >= 11 is 4.96. The first kappa shape index (κ1) is 11.3. The number of nitrogens with two attached hydrogens (primary N) is 1. The summed E-state index contributed by atoms with van der Waals surface area (Å²) in [6.07, 6.45) is 0.939. The molecule has 86 valence electrons. The maximum absolute atomic E-state index is 5.74. The molecule has 0 aromatic carbocycles. The zero-order chi connectivity index (χ0) is 11.5. The molecular weight excluding hydrogens is 224 g/mol. The van der Waals surface area contributed by atoms with Gasteiger partial charge in [0.25, 0.3) is 0 Å². The fraction of sp³-hybridized carbons (Fsp3) is 0.455. The number of aryl methyl sites for hydroxylation is 1. The van der Waals surface area contributed by atoms with E-state index in [0.29, 0.717) is 23.0 Å². The van der Waals surface area contributed by atoms with Crippen LogP contribution in [0.3, 0.4) is 0 Å². The molecule has 1 unspecified atom stereocenters. The minimum absolute atomic E-state index is 0.0578. The van der Waals surface area contributed by atoms with Gasteiger partial charge in [-0.2, -0.15) is 0 Å². The number of nitrogens with zero attached hydrogens (tertiary/aromatic N) is 1. The molecule has 0 radical (unpaired) electrons. The van der Waals surface area contributed by atoms with Gasteiger partial charge in [-0.15, -0.1) is 0 Å². The van der Waals surface area contributed by atoms with Crippen molar-refractivity contribution in [2.45, 2.75) is 19.4 Å². The molecule has 0 bridgehead atoms. The minimum Gasteiger partial charge on any atom is -0.471 e. The van der Waals surface area contributed by atoms with Crippen molar-refractivity contribution in [2.24, 2.45) is 5.73 Å². The third-order valence-electron chi connectivity index (χ3n) is 2.43. The van der Waals surface area contributed by atoms with Gasteiger partial charge in [0.15, 0.2) is 0 Å². The van der Waals surface area contributed by atoms with Gasteiger partial charge in [0.1, 0.15) is 11.1 Å². The molecule has 2 rings (SSSR count). The van der Waals surface area contributed by atoms with Crippen molar-refractivity contribution in [1.82, 2.24) is 4.98 Å². The largest absolute Gasteiger partial charge is 0.471 e. The van der Waals surface area contributed by atoms with Gasteiger partial charge in [0, 0.05) is 12.1 Å². The molecule has 0 spiro atoms. The molecule has 1 saturated heterocycles. The third-order valence-corrected chi connectivity index (χ3v) is 2.65. The molecule has 0 saturated carbocycles. The average Bonchev–Trinajstić information content (AvgIpc) is 2.70. The highest BCUT2D eigenvalue weighted by Crippen LogP contribution is 2.20. The molecule has 1 aromatic rings. The van der Waals surface area contributed by atoms with E-state index in [-0.39, 0.29) is 6.10 Å². The van der Waals surface area contributed by atoms with E-state index in [0.717, 1.165) is 18.7 Å². The SMILES string of the molecule is Cc1ccc(C(N)=S)c(OC2CCOC2)n1. The van der Waals surface area contributed by atoms with Crippen LogP contribution in [0.5, 0.6) is 5.88 Å². The lowest BCUT2D eigenvalue weighted by atomic mass is 10.2. The van der Waals surface area contributed by atoms with Crippen LogP contribution in [0.25, 0.3) is 0 Å². The molecule has 1 atom stereocenters. The van der Waals surface area contributed by atoms with Gasteiger partial charge in [-0.1, -0.05) is 12.2 Å². The molecule has 0 amide bonds. The van der Waals surface area contributed by atoms with Gasteiger partial charge < -0.3 is 15.2 Å². The second-order valence-electron chi connectivity index (χ2n) is 3.77. The monoisotopic (exact) mass is 238 g/mol. The van der Waals surface area contributed by atoms with Crippen LogP contribution in [0.2, 0.25) is 0 Å². The minimum atomic E-state index is 0.0578. The Hall–Kier alpha value is -1.20. The summed E-state index contributed by atoms with van der Waals surface area (Å²) in [5.41, 5.74) is 7.19. The standard InChI is InChI=1S/C11H14N2O2S/c1-7-2-3-9(10(12)16)11(13-7)15-8-4-5-14-6-8/h2-3,8H,4-6H2,1H3,(H2,12,16). The van der Waals surface area contributed by atoms with E-state index in [1.54, 1.807) is 0 Å². The molecule has 1 aromatic heterocycles. The zero-order valence-corrected chi connectivity index (χ0v) is 9.92. The van der Waals surface area contributed by atoms with E-state index in [9.17, 15) is 0 Å². The summed E-state index contributed by atoms with van der Waals surface area (Å²) in [7, 11) is 0. The second-order valence-corrected chi connectivity index (χ2v) is 4.21. The van der Waals surface area contributed by atoms with Gasteiger partial charge in [-0.25, -0.2) is 4.98 Å². The van der Waals surface area contributed by atoms with Gasteiger partial charge in [0.05, 0.1) is 18.8 Å². The van der Waals surface area contributed by atoms with Gasteiger partial charge in [0.2, 0.25) is 5.88 Å². The average molecular weight is 238 g/mol. The Labute approximate surface area is 99.8 Å². The number of rotatable bonds is 3. The Morgan fingerprint density at radius 2 is 2.44 bits per heavy atom. The summed E-state index contributed by atoms with van der Waals surface area (Å²) in [6.45, 7) is 3.24. The molecule has 16 heavy (non-hydrogen) atoms. The van der Waals surface area contributed by atoms with E-state index in [1.807, 2.05) is 19.1 Å². The molecule has 1 fully saturated rings. The first-order chi connectivity index (χ1) is 7.66. The first-order valence-electron chi connectivity index (χ1n) is 5.18. The maximum Gasteiger partial charge on any atom is 0.224 e. The van der Waals surface area contributed by atoms with E-state index in [4.69, 9.17) is 27.4 Å². The summed E-state index contributed by atoms with van der Waals surface area (Å²) in [5, 5.41) is 0. The van der Waals surface area contributed by atoms with Crippen molar-refractivity contribution in [2.75, 3.05) is 13.2 Å². The molecular formula is C11H14N2O2S. The predicted octanol–water partition coefficient (Wildman–Crippen LogP) is 1.19. The molecule has 2 heterocycles. The van der Waals surface area contributed by atoms with Gasteiger partial charge in [-0.05, 0) is 19.1 Å². The summed E-state index contributed by atoms with van der Waals surface area (Å²) in [4.78, 5) is 4.62. The van der Waals surface area contributed by atoms with Crippen LogP contribution >= 0.6 is 12.2 Å². The van der Waals surface area contributed by atoms with Gasteiger partial charge in [-0.3, -0.25) is 0 Å². The molecule has 0 aliphatic carbocycles.